The number of nitrogens with zero attached hydrogens (tertiary/aromatic N) is 2. The summed E-state index contributed by atoms with van der Waals surface area (Å²) in [5.41, 5.74) is 2.88. The van der Waals surface area contributed by atoms with Gasteiger partial charge in [-0.1, -0.05) is 48.2 Å². The second-order valence-electron chi connectivity index (χ2n) is 8.59. The highest BCUT2D eigenvalue weighted by molar-refractivity contribution is 8.16. The van der Waals surface area contributed by atoms with Crippen molar-refractivity contribution < 1.29 is 19.1 Å². The molecule has 4 heterocycles. The van der Waals surface area contributed by atoms with E-state index in [4.69, 9.17) is 14.5 Å². The van der Waals surface area contributed by atoms with E-state index in [-0.39, 0.29) is 25.0 Å². The van der Waals surface area contributed by atoms with E-state index in [0.717, 1.165) is 40.8 Å². The number of nitrogens with one attached hydrogen (secondary N) is 1. The van der Waals surface area contributed by atoms with Crippen molar-refractivity contribution in [1.82, 2.24) is 10.2 Å². The lowest BCUT2D eigenvalue weighted by Crippen LogP contribution is -2.38. The van der Waals surface area contributed by atoms with Crippen molar-refractivity contribution in [2.24, 2.45) is 4.99 Å². The highest BCUT2D eigenvalue weighted by Gasteiger charge is 2.41. The Balaban J connectivity index is 1.35. The molecule has 2 aromatic rings. The van der Waals surface area contributed by atoms with Crippen LogP contribution in [0.25, 0.3) is 0 Å². The minimum Gasteiger partial charge on any atom is -0.457 e. The smallest absolute Gasteiger partial charge is 0.338 e. The summed E-state index contributed by atoms with van der Waals surface area (Å²) in [6, 6.07) is 13.2. The number of rotatable bonds is 8. The summed E-state index contributed by atoms with van der Waals surface area (Å²) >= 11 is 3.05. The summed E-state index contributed by atoms with van der Waals surface area (Å²) in [6.07, 6.45) is 2.30. The molecule has 35 heavy (non-hydrogen) atoms. The molecule has 3 aliphatic heterocycles. The lowest BCUT2D eigenvalue weighted by atomic mass is 9.99. The summed E-state index contributed by atoms with van der Waals surface area (Å²) in [6.45, 7) is 3.31. The second kappa shape index (κ2) is 10.8. The predicted molar refractivity (Wildman–Crippen MR) is 138 cm³/mol. The molecule has 3 aliphatic rings. The fourth-order valence-electron chi connectivity index (χ4n) is 4.41. The normalized spacial score (nSPS) is 21.5. The number of thiophene rings is 1. The van der Waals surface area contributed by atoms with Crippen molar-refractivity contribution in [1.29, 1.82) is 0 Å². The van der Waals surface area contributed by atoms with E-state index in [1.54, 1.807) is 11.3 Å². The van der Waals surface area contributed by atoms with E-state index in [9.17, 15) is 9.59 Å². The van der Waals surface area contributed by atoms with Crippen LogP contribution in [-0.2, 0) is 25.7 Å². The first-order valence-corrected chi connectivity index (χ1v) is 13.4. The zero-order chi connectivity index (χ0) is 24.2. The Labute approximate surface area is 212 Å². The van der Waals surface area contributed by atoms with Gasteiger partial charge in [-0.2, -0.15) is 0 Å². The third kappa shape index (κ3) is 5.37. The van der Waals surface area contributed by atoms with Crippen LogP contribution in [0.15, 0.2) is 75.2 Å². The highest BCUT2D eigenvalue weighted by Crippen LogP contribution is 2.45. The highest BCUT2D eigenvalue weighted by atomic mass is 32.2. The maximum Gasteiger partial charge on any atom is 0.338 e. The summed E-state index contributed by atoms with van der Waals surface area (Å²) in [7, 11) is 0. The molecule has 0 aliphatic carbocycles. The molecule has 0 spiro atoms. The van der Waals surface area contributed by atoms with Gasteiger partial charge in [0.2, 0.25) is 5.91 Å². The van der Waals surface area contributed by atoms with E-state index >= 15 is 0 Å². The Morgan fingerprint density at radius 2 is 2.09 bits per heavy atom. The number of amides is 1. The number of carbonyl (C=O) groups excluding carboxylic acids is 2. The van der Waals surface area contributed by atoms with Crippen molar-refractivity contribution >= 4 is 40.1 Å². The molecule has 9 heteroatoms. The SMILES string of the molecule is CC1=C(C(=O)OCc2ccccc2)C(c2cccs2)N2C(CC(=O)NCC3CCCO3)=CSC2=N1. The van der Waals surface area contributed by atoms with E-state index in [2.05, 4.69) is 5.32 Å². The van der Waals surface area contributed by atoms with Crippen molar-refractivity contribution in [3.63, 3.8) is 0 Å². The van der Waals surface area contributed by atoms with Gasteiger partial charge in [0, 0.05) is 23.7 Å². The molecule has 1 fully saturated rings. The first-order chi connectivity index (χ1) is 17.1. The van der Waals surface area contributed by atoms with Crippen molar-refractivity contribution in [2.45, 2.75) is 44.9 Å². The number of carbonyl (C=O) groups is 2. The van der Waals surface area contributed by atoms with E-state index < -0.39 is 12.0 Å². The van der Waals surface area contributed by atoms with Crippen LogP contribution in [0, 0.1) is 0 Å². The number of esters is 1. The van der Waals surface area contributed by atoms with Crippen molar-refractivity contribution in [3.8, 4) is 0 Å². The fraction of sp³-hybridized carbons (Fsp3) is 0.346. The Morgan fingerprint density at radius 3 is 2.83 bits per heavy atom. The fourth-order valence-corrected chi connectivity index (χ4v) is 6.20. The molecule has 7 nitrogen and oxygen atoms in total. The Morgan fingerprint density at radius 1 is 1.23 bits per heavy atom. The van der Waals surface area contributed by atoms with Gasteiger partial charge in [-0.3, -0.25) is 4.79 Å². The first-order valence-electron chi connectivity index (χ1n) is 11.7. The molecular weight excluding hydrogens is 482 g/mol. The van der Waals surface area contributed by atoms with Crippen LogP contribution in [0.2, 0.25) is 0 Å². The van der Waals surface area contributed by atoms with Gasteiger partial charge in [-0.25, -0.2) is 9.79 Å². The summed E-state index contributed by atoms with van der Waals surface area (Å²) in [5.74, 6) is -0.468. The third-order valence-corrected chi connectivity index (χ3v) is 7.95. The molecular formula is C26H27N3O4S2. The van der Waals surface area contributed by atoms with Gasteiger partial charge in [0.1, 0.15) is 12.6 Å². The summed E-state index contributed by atoms with van der Waals surface area (Å²) in [4.78, 5) is 33.9. The number of aliphatic imine (C=N–C) groups is 1. The van der Waals surface area contributed by atoms with Gasteiger partial charge in [-0.15, -0.1) is 11.3 Å². The van der Waals surface area contributed by atoms with Gasteiger partial charge in [0.25, 0.3) is 0 Å². The van der Waals surface area contributed by atoms with Crippen molar-refractivity contribution in [3.05, 3.63) is 80.7 Å². The van der Waals surface area contributed by atoms with E-state index in [1.165, 1.54) is 11.8 Å². The standard InChI is InChI=1S/C26H27N3O4S2/c1-17-23(25(31)33-15-18-7-3-2-4-8-18)24(21-10-6-12-34-21)29-19(16-35-26(29)28-17)13-22(30)27-14-20-9-5-11-32-20/h2-4,6-8,10,12,16,20,24H,5,9,11,13-15H2,1H3,(H,27,30). The number of hydrogen-bond donors (Lipinski definition) is 1. The number of benzene rings is 1. The maximum absolute atomic E-state index is 13.4. The third-order valence-electron chi connectivity index (χ3n) is 6.14. The molecule has 2 atom stereocenters. The Hall–Kier alpha value is -2.88. The van der Waals surface area contributed by atoms with Gasteiger partial charge in [0.05, 0.1) is 23.8 Å². The van der Waals surface area contributed by atoms with Crippen LogP contribution in [0.3, 0.4) is 0 Å². The Kier molecular flexibility index (Phi) is 7.36. The number of amidine groups is 1. The Bertz CT molecular complexity index is 1170. The van der Waals surface area contributed by atoms with Gasteiger partial charge in [0.15, 0.2) is 5.17 Å². The quantitative estimate of drug-likeness (QED) is 0.517. The summed E-state index contributed by atoms with van der Waals surface area (Å²) < 4.78 is 11.3. The van der Waals surface area contributed by atoms with E-state index in [1.807, 2.05) is 65.1 Å². The van der Waals surface area contributed by atoms with Gasteiger partial charge in [-0.05, 0) is 42.2 Å². The molecule has 1 aromatic carbocycles. The zero-order valence-corrected chi connectivity index (χ0v) is 21.1. The molecule has 1 amide bonds. The number of hydrogen-bond acceptors (Lipinski definition) is 8. The number of allylic oxidation sites excluding steroid dienone is 1. The molecule has 0 radical (unpaired) electrons. The average Bonchev–Trinajstić information content (AvgIpc) is 3.64. The number of fused-ring (bicyclic) bond motifs is 1. The lowest BCUT2D eigenvalue weighted by Gasteiger charge is -2.35. The predicted octanol–water partition coefficient (Wildman–Crippen LogP) is 4.75. The topological polar surface area (TPSA) is 80.2 Å². The van der Waals surface area contributed by atoms with Gasteiger partial charge < -0.3 is 19.7 Å². The maximum atomic E-state index is 13.4. The number of ether oxygens (including phenoxy) is 2. The molecule has 1 aromatic heterocycles. The largest absolute Gasteiger partial charge is 0.457 e. The summed E-state index contributed by atoms with van der Waals surface area (Å²) in [5, 5.41) is 7.71. The van der Waals surface area contributed by atoms with Crippen LogP contribution in [-0.4, -0.2) is 41.2 Å². The van der Waals surface area contributed by atoms with Crippen LogP contribution >= 0.6 is 23.1 Å². The molecule has 5 rings (SSSR count). The lowest BCUT2D eigenvalue weighted by molar-refractivity contribution is -0.141. The van der Waals surface area contributed by atoms with Crippen molar-refractivity contribution in [2.75, 3.05) is 13.2 Å². The zero-order valence-electron chi connectivity index (χ0n) is 19.4. The van der Waals surface area contributed by atoms with Crippen LogP contribution < -0.4 is 5.32 Å². The monoisotopic (exact) mass is 509 g/mol. The molecule has 2 unspecified atom stereocenters. The molecule has 1 N–H and O–H groups in total. The number of thioether (sulfide) groups is 1. The molecule has 1 saturated heterocycles. The van der Waals surface area contributed by atoms with Crippen LogP contribution in [0.5, 0.6) is 0 Å². The molecule has 0 saturated carbocycles. The first kappa shape index (κ1) is 23.8. The van der Waals surface area contributed by atoms with E-state index in [0.29, 0.717) is 17.8 Å². The minimum atomic E-state index is -0.397. The molecule has 182 valence electrons. The second-order valence-corrected chi connectivity index (χ2v) is 10.4. The average molecular weight is 510 g/mol. The minimum absolute atomic E-state index is 0.0713. The van der Waals surface area contributed by atoms with Crippen LogP contribution in [0.1, 0.15) is 42.7 Å². The molecule has 0 bridgehead atoms. The van der Waals surface area contributed by atoms with Gasteiger partial charge >= 0.3 is 5.97 Å². The van der Waals surface area contributed by atoms with Crippen LogP contribution in [0.4, 0.5) is 0 Å².